The Hall–Kier alpha value is -3.30. The molecule has 6 nitrogen and oxygen atoms in total. The zero-order valence-electron chi connectivity index (χ0n) is 29.7. The largest absolute Gasteiger partial charge is 1.00 e. The summed E-state index contributed by atoms with van der Waals surface area (Å²) in [7, 11) is 4.72. The number of rotatable bonds is 15. The van der Waals surface area contributed by atoms with Crippen molar-refractivity contribution in [1.82, 2.24) is 4.90 Å². The van der Waals surface area contributed by atoms with E-state index in [9.17, 15) is 4.79 Å². The van der Waals surface area contributed by atoms with Crippen LogP contribution in [0.1, 0.15) is 58.6 Å². The van der Waals surface area contributed by atoms with Gasteiger partial charge in [0.25, 0.3) is 5.91 Å². The van der Waals surface area contributed by atoms with Crippen LogP contribution in [0, 0.1) is 13.8 Å². The molecule has 0 atom stereocenters. The van der Waals surface area contributed by atoms with Gasteiger partial charge in [-0.15, -0.1) is 11.3 Å². The highest BCUT2D eigenvalue weighted by molar-refractivity contribution is 7.21. The molecule has 9 heteroatoms. The summed E-state index contributed by atoms with van der Waals surface area (Å²) in [6.45, 7) is 14.3. The number of quaternary nitrogens is 1. The molecule has 0 saturated carbocycles. The first-order valence-electron chi connectivity index (χ1n) is 16.8. The first-order chi connectivity index (χ1) is 23.1. The lowest BCUT2D eigenvalue weighted by Crippen LogP contribution is -3.00. The number of halogens is 2. The number of ether oxygens (including phenoxy) is 3. The van der Waals surface area contributed by atoms with E-state index >= 15 is 0 Å². The number of benzene rings is 4. The van der Waals surface area contributed by atoms with Crippen LogP contribution in [0.3, 0.4) is 0 Å². The molecule has 0 aliphatic carbocycles. The van der Waals surface area contributed by atoms with Gasteiger partial charge in [0.2, 0.25) is 5.75 Å². The molecule has 0 radical (unpaired) electrons. The molecule has 0 unspecified atom stereocenters. The van der Waals surface area contributed by atoms with Crippen molar-refractivity contribution < 1.29 is 40.5 Å². The van der Waals surface area contributed by atoms with Crippen LogP contribution in [-0.2, 0) is 13.1 Å². The lowest BCUT2D eigenvalue weighted by molar-refractivity contribution is -0.938. The maximum atomic E-state index is 14.5. The average molecular weight is 768 g/mol. The molecule has 0 aliphatic heterocycles. The van der Waals surface area contributed by atoms with Crippen LogP contribution in [0.4, 0.5) is 0 Å². The van der Waals surface area contributed by atoms with Crippen molar-refractivity contribution in [2.75, 3.05) is 47.5 Å². The molecule has 0 aliphatic rings. The molecule has 1 heterocycles. The quantitative estimate of drug-likeness (QED) is 0.0866. The summed E-state index contributed by atoms with van der Waals surface area (Å²) in [5.41, 5.74) is 5.11. The van der Waals surface area contributed by atoms with Crippen LogP contribution in [0.15, 0.2) is 66.7 Å². The molecular formula is C40H48BrClN2O4S. The Morgan fingerprint density at radius 2 is 1.49 bits per heavy atom. The number of aryl methyl sites for hydroxylation is 2. The number of carbonyl (C=O) groups excluding carboxylic acids is 1. The highest BCUT2D eigenvalue weighted by atomic mass is 79.9. The molecule has 0 bridgehead atoms. The molecule has 0 N–H and O–H groups in total. The fraction of sp³-hybridized carbons (Fsp3) is 0.375. The van der Waals surface area contributed by atoms with E-state index in [0.29, 0.717) is 45.6 Å². The third-order valence-corrected chi connectivity index (χ3v) is 11.2. The van der Waals surface area contributed by atoms with E-state index in [2.05, 4.69) is 76.2 Å². The van der Waals surface area contributed by atoms with E-state index < -0.39 is 0 Å². The van der Waals surface area contributed by atoms with Gasteiger partial charge in [-0.25, -0.2) is 0 Å². The molecule has 0 saturated heterocycles. The summed E-state index contributed by atoms with van der Waals surface area (Å²) >= 11 is 8.39. The summed E-state index contributed by atoms with van der Waals surface area (Å²) < 4.78 is 18.8. The smallest absolute Gasteiger partial charge is 0.265 e. The van der Waals surface area contributed by atoms with Gasteiger partial charge >= 0.3 is 0 Å². The normalized spacial score (nSPS) is 11.4. The molecule has 1 amide bonds. The van der Waals surface area contributed by atoms with Crippen LogP contribution >= 0.6 is 22.9 Å². The summed E-state index contributed by atoms with van der Waals surface area (Å²) in [5, 5.41) is 3.38. The van der Waals surface area contributed by atoms with Gasteiger partial charge in [-0.3, -0.25) is 4.79 Å². The third-order valence-electron chi connectivity index (χ3n) is 9.55. The second kappa shape index (κ2) is 17.1. The van der Waals surface area contributed by atoms with Crippen LogP contribution in [0.25, 0.3) is 20.9 Å². The molecule has 5 rings (SSSR count). The third kappa shape index (κ3) is 8.54. The molecule has 49 heavy (non-hydrogen) atoms. The molecule has 5 aromatic rings. The number of hydrogen-bond acceptors (Lipinski definition) is 5. The zero-order chi connectivity index (χ0) is 34.4. The average Bonchev–Trinajstić information content (AvgIpc) is 3.42. The van der Waals surface area contributed by atoms with E-state index in [1.165, 1.54) is 33.4 Å². The van der Waals surface area contributed by atoms with Crippen LogP contribution in [0.5, 0.6) is 17.2 Å². The zero-order valence-corrected chi connectivity index (χ0v) is 32.9. The number of thiophene rings is 1. The monoisotopic (exact) mass is 766 g/mol. The highest BCUT2D eigenvalue weighted by Gasteiger charge is 2.29. The van der Waals surface area contributed by atoms with Crippen LogP contribution in [-0.4, -0.2) is 62.8 Å². The Kier molecular flexibility index (Phi) is 13.4. The number of nitrogens with zero attached hydrogens (tertiary/aromatic N) is 2. The van der Waals surface area contributed by atoms with Gasteiger partial charge < -0.3 is 40.6 Å². The van der Waals surface area contributed by atoms with Crippen molar-refractivity contribution in [3.05, 3.63) is 98.9 Å². The number of fused-ring (bicyclic) bond motifs is 2. The first-order valence-corrected chi connectivity index (χ1v) is 18.0. The summed E-state index contributed by atoms with van der Waals surface area (Å²) in [5.74, 6) is 1.36. The topological polar surface area (TPSA) is 48.0 Å². The summed E-state index contributed by atoms with van der Waals surface area (Å²) in [4.78, 5) is 16.9. The number of methoxy groups -OCH3 is 3. The van der Waals surface area contributed by atoms with Crippen molar-refractivity contribution in [3.63, 3.8) is 0 Å². The molecule has 4 aromatic carbocycles. The predicted octanol–water partition coefficient (Wildman–Crippen LogP) is 6.83. The Labute approximate surface area is 310 Å². The lowest BCUT2D eigenvalue weighted by atomic mass is 10.1. The number of hydrogen-bond donors (Lipinski definition) is 0. The van der Waals surface area contributed by atoms with Gasteiger partial charge in [-0.2, -0.15) is 0 Å². The molecular weight excluding hydrogens is 720 g/mol. The minimum Gasteiger partial charge on any atom is -1.00 e. The van der Waals surface area contributed by atoms with Gasteiger partial charge in [0.1, 0.15) is 11.4 Å². The second-order valence-electron chi connectivity index (χ2n) is 12.7. The van der Waals surface area contributed by atoms with Gasteiger partial charge in [0.05, 0.1) is 51.4 Å². The minimum atomic E-state index is -0.0867. The molecule has 1 aromatic heterocycles. The maximum absolute atomic E-state index is 14.5. The fourth-order valence-corrected chi connectivity index (χ4v) is 8.45. The van der Waals surface area contributed by atoms with E-state index in [4.69, 9.17) is 25.8 Å². The Morgan fingerprint density at radius 1 is 0.816 bits per heavy atom. The highest BCUT2D eigenvalue weighted by Crippen LogP contribution is 2.50. The minimum absolute atomic E-state index is 0. The van der Waals surface area contributed by atoms with Crippen LogP contribution < -0.4 is 31.2 Å². The van der Waals surface area contributed by atoms with Gasteiger partial charge in [-0.1, -0.05) is 77.3 Å². The lowest BCUT2D eigenvalue weighted by Gasteiger charge is -2.37. The Bertz CT molecular complexity index is 1880. The molecule has 0 spiro atoms. The number of carbonyl (C=O) groups is 1. The van der Waals surface area contributed by atoms with E-state index in [1.54, 1.807) is 21.3 Å². The van der Waals surface area contributed by atoms with Gasteiger partial charge in [0, 0.05) is 29.4 Å². The van der Waals surface area contributed by atoms with Crippen molar-refractivity contribution >= 4 is 49.7 Å². The summed E-state index contributed by atoms with van der Waals surface area (Å²) in [6.07, 6.45) is 1.90. The van der Waals surface area contributed by atoms with E-state index in [0.717, 1.165) is 59.2 Å². The number of unbranched alkanes of at least 4 members (excludes halogenated alkanes) is 1. The van der Waals surface area contributed by atoms with Crippen molar-refractivity contribution in [1.29, 1.82) is 0 Å². The number of amides is 1. The summed E-state index contributed by atoms with van der Waals surface area (Å²) in [6, 6.07) is 23.5. The van der Waals surface area contributed by atoms with E-state index in [-0.39, 0.29) is 22.9 Å². The predicted molar refractivity (Wildman–Crippen MR) is 200 cm³/mol. The fourth-order valence-electron chi connectivity index (χ4n) is 6.92. The van der Waals surface area contributed by atoms with Crippen molar-refractivity contribution in [3.8, 4) is 17.2 Å². The standard InChI is InChI=1S/C40H48ClN2O4S.BrH/c1-8-43(9-2,26-30-21-27(3)20-28(4)22-30)19-13-12-18-42(25-29-16-17-31-14-10-11-15-32(31)23-29)40(44)39-36(41)35-34(48-39)24-33(45-5)37(46-6)38(35)47-7;/h10-11,14-17,20-24H,8-9,12-13,18-19,25-26H2,1-7H3;1H/q+1;/p-1. The van der Waals surface area contributed by atoms with Crippen molar-refractivity contribution in [2.24, 2.45) is 0 Å². The Morgan fingerprint density at radius 3 is 2.12 bits per heavy atom. The van der Waals surface area contributed by atoms with Gasteiger partial charge in [-0.05, 0) is 62.9 Å². The second-order valence-corrected chi connectivity index (χ2v) is 14.2. The SMILES string of the molecule is CC[N+](CC)(CCCCN(Cc1ccc2ccccc2c1)C(=O)c1sc2cc(OC)c(OC)c(OC)c2c1Cl)Cc1cc(C)cc(C)c1.[Br-]. The first kappa shape index (κ1) is 38.5. The van der Waals surface area contributed by atoms with Crippen molar-refractivity contribution in [2.45, 2.75) is 53.6 Å². The molecule has 0 fully saturated rings. The van der Waals surface area contributed by atoms with Gasteiger partial charge in [0.15, 0.2) is 11.5 Å². The molecule has 262 valence electrons. The van der Waals surface area contributed by atoms with Crippen LogP contribution in [0.2, 0.25) is 5.02 Å². The van der Waals surface area contributed by atoms with E-state index in [1.807, 2.05) is 23.1 Å². The Balaban J connectivity index is 0.00000541. The maximum Gasteiger partial charge on any atom is 0.265 e.